The van der Waals surface area contributed by atoms with E-state index in [1.54, 1.807) is 24.3 Å². The number of aromatic nitrogens is 4. The van der Waals surface area contributed by atoms with Crippen LogP contribution in [0.3, 0.4) is 0 Å². The van der Waals surface area contributed by atoms with E-state index in [-0.39, 0.29) is 33.4 Å². The third kappa shape index (κ3) is 7.51. The van der Waals surface area contributed by atoms with Crippen LogP contribution in [0.4, 0.5) is 5.82 Å². The molecule has 0 saturated carbocycles. The van der Waals surface area contributed by atoms with Crippen LogP contribution in [0.2, 0.25) is 0 Å². The Balaban J connectivity index is 1.29. The van der Waals surface area contributed by atoms with Crippen LogP contribution in [0, 0.1) is 13.8 Å². The van der Waals surface area contributed by atoms with Crippen LogP contribution >= 0.6 is 0 Å². The molecule has 1 aliphatic rings. The molecule has 1 saturated heterocycles. The molecule has 13 nitrogen and oxygen atoms in total. The van der Waals surface area contributed by atoms with Crippen molar-refractivity contribution < 1.29 is 34.7 Å². The Morgan fingerprint density at radius 3 is 1.59 bits per heavy atom. The number of hydrogen-bond donors (Lipinski definition) is 1. The molecular weight excluding hydrogens is 779 g/mol. The molecule has 58 heavy (non-hydrogen) atoms. The van der Waals surface area contributed by atoms with E-state index in [1.165, 1.54) is 41.5 Å². The van der Waals surface area contributed by atoms with Gasteiger partial charge in [0.15, 0.2) is 23.8 Å². The molecule has 2 aromatic heterocycles. The molecule has 0 spiro atoms. The Morgan fingerprint density at radius 1 is 0.638 bits per heavy atom. The van der Waals surface area contributed by atoms with Crippen molar-refractivity contribution in [2.45, 2.75) is 53.8 Å². The van der Waals surface area contributed by atoms with Gasteiger partial charge in [0.05, 0.1) is 22.7 Å². The molecule has 7 aromatic rings. The lowest BCUT2D eigenvalue weighted by Gasteiger charge is -2.37. The van der Waals surface area contributed by atoms with Crippen LogP contribution < -0.4 is 5.73 Å². The summed E-state index contributed by atoms with van der Waals surface area (Å²) >= 11 is 0. The number of anilines is 1. The minimum absolute atomic E-state index is 0.0690. The van der Waals surface area contributed by atoms with Gasteiger partial charge in [-0.15, -0.1) is 0 Å². The lowest BCUT2D eigenvalue weighted by atomic mass is 9.80. The van der Waals surface area contributed by atoms with Crippen molar-refractivity contribution >= 4 is 37.2 Å². The second kappa shape index (κ2) is 15.9. The summed E-state index contributed by atoms with van der Waals surface area (Å²) in [6.45, 7) is 3.32. The highest BCUT2D eigenvalue weighted by Crippen LogP contribution is 2.44. The van der Waals surface area contributed by atoms with E-state index in [0.29, 0.717) is 0 Å². The van der Waals surface area contributed by atoms with Gasteiger partial charge in [-0.1, -0.05) is 126 Å². The van der Waals surface area contributed by atoms with Crippen LogP contribution in [-0.2, 0) is 43.7 Å². The summed E-state index contributed by atoms with van der Waals surface area (Å²) in [7, 11) is -9.17. The van der Waals surface area contributed by atoms with Gasteiger partial charge < -0.3 is 15.2 Å². The van der Waals surface area contributed by atoms with Crippen molar-refractivity contribution in [3.63, 3.8) is 0 Å². The Kier molecular flexibility index (Phi) is 10.7. The van der Waals surface area contributed by atoms with E-state index in [9.17, 15) is 16.8 Å². The van der Waals surface area contributed by atoms with Gasteiger partial charge >= 0.3 is 0 Å². The SMILES string of the molecule is Cc1ccc(S(=O)(=O)O[C@@H]2[C@@H](OS(=O)(=O)c3ccc(C)cc3)[C@@H](COC(c3ccccc3)(c3ccccc3)c3ccccc3)O[C@H]2n2cnc3c(N)ncnc32)cc1. The Morgan fingerprint density at radius 2 is 1.10 bits per heavy atom. The fraction of sp³-hybridized carbons (Fsp3) is 0.186. The molecule has 1 fully saturated rings. The lowest BCUT2D eigenvalue weighted by Crippen LogP contribution is -2.43. The zero-order valence-corrected chi connectivity index (χ0v) is 33.0. The molecule has 0 radical (unpaired) electrons. The van der Waals surface area contributed by atoms with Crippen molar-refractivity contribution in [2.24, 2.45) is 0 Å². The van der Waals surface area contributed by atoms with Gasteiger partial charge in [-0.25, -0.2) is 15.0 Å². The molecule has 4 atom stereocenters. The van der Waals surface area contributed by atoms with Gasteiger partial charge in [0.1, 0.15) is 29.7 Å². The van der Waals surface area contributed by atoms with Crippen molar-refractivity contribution in [2.75, 3.05) is 12.3 Å². The van der Waals surface area contributed by atoms with Crippen LogP contribution in [0.15, 0.2) is 162 Å². The number of nitrogen functional groups attached to an aromatic ring is 1. The number of fused-ring (bicyclic) bond motifs is 1. The van der Waals surface area contributed by atoms with Crippen molar-refractivity contribution in [1.29, 1.82) is 0 Å². The van der Waals surface area contributed by atoms with Gasteiger partial charge in [-0.05, 0) is 54.8 Å². The van der Waals surface area contributed by atoms with Gasteiger partial charge in [-0.3, -0.25) is 12.9 Å². The Bertz CT molecular complexity index is 2640. The average molecular weight is 818 g/mol. The summed E-state index contributed by atoms with van der Waals surface area (Å²) < 4.78 is 84.1. The second-order valence-electron chi connectivity index (χ2n) is 13.9. The molecule has 0 unspecified atom stereocenters. The molecule has 0 amide bonds. The van der Waals surface area contributed by atoms with Crippen LogP contribution in [0.25, 0.3) is 11.2 Å². The van der Waals surface area contributed by atoms with E-state index in [1.807, 2.05) is 105 Å². The van der Waals surface area contributed by atoms with Gasteiger partial charge in [0, 0.05) is 0 Å². The lowest BCUT2D eigenvalue weighted by molar-refractivity contribution is -0.0913. The number of nitrogens with zero attached hydrogens (tertiary/aromatic N) is 4. The summed E-state index contributed by atoms with van der Waals surface area (Å²) in [5.41, 5.74) is 9.25. The maximum atomic E-state index is 14.2. The molecule has 5 aromatic carbocycles. The van der Waals surface area contributed by atoms with Crippen LogP contribution in [0.5, 0.6) is 0 Å². The monoisotopic (exact) mass is 817 g/mol. The molecule has 8 rings (SSSR count). The second-order valence-corrected chi connectivity index (χ2v) is 17.0. The molecule has 3 heterocycles. The first-order valence-corrected chi connectivity index (χ1v) is 21.2. The Hall–Kier alpha value is -5.81. The van der Waals surface area contributed by atoms with E-state index < -0.39 is 50.4 Å². The fourth-order valence-corrected chi connectivity index (χ4v) is 9.31. The van der Waals surface area contributed by atoms with Crippen LogP contribution in [-0.4, -0.2) is 61.3 Å². The van der Waals surface area contributed by atoms with Crippen molar-refractivity contribution in [3.05, 3.63) is 180 Å². The van der Waals surface area contributed by atoms with Gasteiger partial charge in [-0.2, -0.15) is 16.8 Å². The molecule has 2 N–H and O–H groups in total. The summed E-state index contributed by atoms with van der Waals surface area (Å²) in [4.78, 5) is 12.5. The number of ether oxygens (including phenoxy) is 2. The maximum Gasteiger partial charge on any atom is 0.297 e. The fourth-order valence-electron chi connectivity index (χ4n) is 7.13. The molecule has 0 bridgehead atoms. The minimum Gasteiger partial charge on any atom is -0.382 e. The molecule has 296 valence electrons. The number of imidazole rings is 1. The molecule has 1 aliphatic heterocycles. The van der Waals surface area contributed by atoms with Crippen LogP contribution in [0.1, 0.15) is 34.0 Å². The first-order chi connectivity index (χ1) is 28.0. The number of benzene rings is 5. The zero-order chi connectivity index (χ0) is 40.5. The number of aryl methyl sites for hydroxylation is 2. The third-order valence-electron chi connectivity index (χ3n) is 10.0. The van der Waals surface area contributed by atoms with E-state index >= 15 is 0 Å². The number of hydrogen-bond acceptors (Lipinski definition) is 12. The van der Waals surface area contributed by atoms with E-state index in [4.69, 9.17) is 23.6 Å². The van der Waals surface area contributed by atoms with E-state index in [0.717, 1.165) is 27.8 Å². The summed E-state index contributed by atoms with van der Waals surface area (Å²) in [5.74, 6) is 0.0690. The normalized spacial score (nSPS) is 18.7. The van der Waals surface area contributed by atoms with Gasteiger partial charge in [0.2, 0.25) is 0 Å². The number of rotatable bonds is 13. The largest absolute Gasteiger partial charge is 0.382 e. The highest BCUT2D eigenvalue weighted by atomic mass is 32.2. The van der Waals surface area contributed by atoms with Crippen molar-refractivity contribution in [3.8, 4) is 0 Å². The topological polar surface area (TPSA) is 175 Å². The maximum absolute atomic E-state index is 14.2. The first-order valence-electron chi connectivity index (χ1n) is 18.4. The summed E-state index contributed by atoms with van der Waals surface area (Å²) in [6, 6.07) is 40.9. The number of nitrogens with two attached hydrogens (primary N) is 1. The Labute approximate surface area is 336 Å². The first kappa shape index (κ1) is 39.0. The smallest absolute Gasteiger partial charge is 0.297 e. The standard InChI is InChI=1S/C43H39N5O8S2/c1-29-18-22-34(23-19-29)57(49,50)55-38-36(26-53-43(31-12-6-3-7-13-31,32-14-8-4-9-15-32)33-16-10-5-11-17-33)54-42(48-28-47-37-40(44)45-27-46-41(37)48)39(38)56-58(51,52)35-24-20-30(2)21-25-35/h3-25,27-28,36,38-39,42H,26H2,1-2H3,(H2,44,45,46)/t36-,38+,39-,42-/m1/s1. The highest BCUT2D eigenvalue weighted by Gasteiger charge is 2.53. The zero-order valence-electron chi connectivity index (χ0n) is 31.4. The average Bonchev–Trinajstić information content (AvgIpc) is 3.81. The van der Waals surface area contributed by atoms with Gasteiger partial charge in [0.25, 0.3) is 20.2 Å². The predicted octanol–water partition coefficient (Wildman–Crippen LogP) is 6.48. The molecule has 0 aliphatic carbocycles. The minimum atomic E-state index is -4.59. The quantitative estimate of drug-likeness (QED) is 0.0993. The van der Waals surface area contributed by atoms with Crippen molar-refractivity contribution in [1.82, 2.24) is 19.5 Å². The third-order valence-corrected chi connectivity index (χ3v) is 12.7. The molecule has 15 heteroatoms. The summed E-state index contributed by atoms with van der Waals surface area (Å²) in [5, 5.41) is 0. The predicted molar refractivity (Wildman–Crippen MR) is 215 cm³/mol. The molecular formula is C43H39N5O8S2. The highest BCUT2D eigenvalue weighted by molar-refractivity contribution is 7.87. The summed E-state index contributed by atoms with van der Waals surface area (Å²) in [6.07, 6.45) is -3.34. The van der Waals surface area contributed by atoms with E-state index in [2.05, 4.69) is 15.0 Å².